The third-order valence-electron chi connectivity index (χ3n) is 9.52. The summed E-state index contributed by atoms with van der Waals surface area (Å²) >= 11 is 0. The number of allylic oxidation sites excluding steroid dienone is 10. The molecule has 64 heavy (non-hydrogen) atoms. The van der Waals surface area contributed by atoms with Crippen LogP contribution in [0.1, 0.15) is 168 Å². The predicted molar refractivity (Wildman–Crippen MR) is 251 cm³/mol. The molecule has 0 spiro atoms. The number of unbranched alkanes of at least 4 members (excludes halogenated alkanes) is 17. The lowest BCUT2D eigenvalue weighted by Crippen LogP contribution is -2.25. The molecule has 0 amide bonds. The maximum Gasteiger partial charge on any atom is 0.472 e. The van der Waals surface area contributed by atoms with E-state index in [1.54, 1.807) is 0 Å². The van der Waals surface area contributed by atoms with Crippen molar-refractivity contribution in [3.05, 3.63) is 60.8 Å². The van der Waals surface area contributed by atoms with E-state index in [2.05, 4.69) is 68.4 Å². The second-order valence-corrected chi connectivity index (χ2v) is 18.7. The molecule has 0 rings (SSSR count). The second-order valence-electron chi connectivity index (χ2n) is 15.8. The molecule has 5 atom stereocenters. The summed E-state index contributed by atoms with van der Waals surface area (Å²) in [5.41, 5.74) is 0. The fourth-order valence-electron chi connectivity index (χ4n) is 5.83. The third kappa shape index (κ3) is 44.9. The van der Waals surface area contributed by atoms with E-state index in [4.69, 9.17) is 9.47 Å². The molecular formula is C47H84O15P2. The van der Waals surface area contributed by atoms with Gasteiger partial charge in [-0.15, -0.1) is 0 Å². The van der Waals surface area contributed by atoms with Crippen molar-refractivity contribution in [1.82, 2.24) is 0 Å². The van der Waals surface area contributed by atoms with Gasteiger partial charge in [0.15, 0.2) is 0 Å². The molecule has 0 saturated heterocycles. The number of carbonyl (C=O) groups is 2. The molecule has 0 saturated carbocycles. The number of esters is 2. The zero-order chi connectivity index (χ0) is 47.4. The van der Waals surface area contributed by atoms with E-state index in [0.717, 1.165) is 70.6 Å². The van der Waals surface area contributed by atoms with Crippen molar-refractivity contribution in [2.45, 2.75) is 186 Å². The van der Waals surface area contributed by atoms with Gasteiger partial charge in [0.1, 0.15) is 31.5 Å². The molecule has 0 fully saturated rings. The summed E-state index contributed by atoms with van der Waals surface area (Å²) in [6.45, 7) is 0.221. The van der Waals surface area contributed by atoms with Gasteiger partial charge in [0.2, 0.25) is 0 Å². The molecule has 0 aromatic rings. The summed E-state index contributed by atoms with van der Waals surface area (Å²) in [5, 5.41) is 30.0. The number of hydrogen-bond donors (Lipinski definition) is 5. The van der Waals surface area contributed by atoms with E-state index < -0.39 is 85.5 Å². The van der Waals surface area contributed by atoms with Crippen LogP contribution < -0.4 is 0 Å². The van der Waals surface area contributed by atoms with Crippen LogP contribution in [0.3, 0.4) is 0 Å². The van der Waals surface area contributed by atoms with Gasteiger partial charge < -0.3 is 34.6 Å². The first kappa shape index (κ1) is 61.7. The second kappa shape index (κ2) is 43.3. The molecule has 0 aliphatic heterocycles. The van der Waals surface area contributed by atoms with Gasteiger partial charge in [-0.1, -0.05) is 152 Å². The highest BCUT2D eigenvalue weighted by atomic mass is 31.2. The van der Waals surface area contributed by atoms with Gasteiger partial charge in [0, 0.05) is 12.8 Å². The maximum absolute atomic E-state index is 12.2. The molecule has 0 heterocycles. The maximum atomic E-state index is 12.2. The van der Waals surface area contributed by atoms with Gasteiger partial charge in [0.05, 0.1) is 26.4 Å². The Hall–Kier alpha value is -2.26. The van der Waals surface area contributed by atoms with Crippen LogP contribution in [0.25, 0.3) is 0 Å². The van der Waals surface area contributed by atoms with Gasteiger partial charge in [-0.3, -0.25) is 27.7 Å². The summed E-state index contributed by atoms with van der Waals surface area (Å²) in [6.07, 6.45) is 40.7. The van der Waals surface area contributed by atoms with Crippen LogP contribution in [-0.2, 0) is 46.3 Å². The molecule has 17 heteroatoms. The Bertz CT molecular complexity index is 1380. The third-order valence-corrected chi connectivity index (χ3v) is 11.4. The van der Waals surface area contributed by atoms with Crippen LogP contribution >= 0.6 is 15.6 Å². The number of rotatable bonds is 45. The van der Waals surface area contributed by atoms with E-state index in [-0.39, 0.29) is 12.8 Å². The molecule has 0 aromatic carbocycles. The zero-order valence-electron chi connectivity index (χ0n) is 38.9. The number of aliphatic hydroxyl groups excluding tert-OH is 3. The Morgan fingerprint density at radius 2 is 0.781 bits per heavy atom. The number of phosphoric ester groups is 2. The SMILES string of the molecule is CC/C=C/C=C/C=C\CCCCCCCC(=O)OCC(O)COP(=O)(O)OCC(O)COP(=O)(O)OCC(O)COC(=O)CCCCCCCCCCC/C=C\C/C=C\CCCCC. The first-order valence-electron chi connectivity index (χ1n) is 23.7. The van der Waals surface area contributed by atoms with Gasteiger partial charge in [-0.2, -0.15) is 0 Å². The largest absolute Gasteiger partial charge is 0.472 e. The van der Waals surface area contributed by atoms with Crippen molar-refractivity contribution in [3.8, 4) is 0 Å². The predicted octanol–water partition coefficient (Wildman–Crippen LogP) is 10.6. The molecule has 5 N–H and O–H groups in total. The minimum atomic E-state index is -4.79. The molecular weight excluding hydrogens is 866 g/mol. The lowest BCUT2D eigenvalue weighted by Gasteiger charge is -2.19. The van der Waals surface area contributed by atoms with Gasteiger partial charge in [-0.25, -0.2) is 9.13 Å². The van der Waals surface area contributed by atoms with Gasteiger partial charge in [0.25, 0.3) is 0 Å². The number of carbonyl (C=O) groups excluding carboxylic acids is 2. The molecule has 0 aliphatic carbocycles. The number of aliphatic hydroxyl groups is 3. The highest BCUT2D eigenvalue weighted by molar-refractivity contribution is 7.47. The average Bonchev–Trinajstić information content (AvgIpc) is 3.27. The zero-order valence-corrected chi connectivity index (χ0v) is 40.7. The van der Waals surface area contributed by atoms with E-state index in [9.17, 15) is 43.8 Å². The topological polar surface area (TPSA) is 225 Å². The fraction of sp³-hybridized carbons (Fsp3) is 0.745. The molecule has 372 valence electrons. The molecule has 0 aliphatic rings. The lowest BCUT2D eigenvalue weighted by atomic mass is 10.1. The molecule has 0 bridgehead atoms. The Balaban J connectivity index is 3.90. The van der Waals surface area contributed by atoms with E-state index >= 15 is 0 Å². The van der Waals surface area contributed by atoms with Crippen molar-refractivity contribution in [1.29, 1.82) is 0 Å². The number of hydrogen-bond acceptors (Lipinski definition) is 13. The molecule has 15 nitrogen and oxygen atoms in total. The standard InChI is InChI=1S/C47H84O15P2/c1-3-5-7-9-11-13-15-17-18-19-20-21-22-24-26-28-30-32-34-36-47(52)58-38-44(49)40-60-64(55,56)62-42-45(50)41-61-63(53,54)59-39-43(48)37-57-46(51)35-33-31-29-27-25-23-16-14-12-10-8-6-4-2/h6,8,10-14,16-18,43-45,48-50H,3-5,7,9,15,19-42H2,1-2H3,(H,53,54)(H,55,56)/b8-6+,12-10+,13-11-,16-14-,18-17-. The van der Waals surface area contributed by atoms with Crippen LogP contribution in [-0.4, -0.2) is 95.0 Å². The lowest BCUT2D eigenvalue weighted by molar-refractivity contribution is -0.148. The van der Waals surface area contributed by atoms with Crippen molar-refractivity contribution >= 4 is 27.6 Å². The van der Waals surface area contributed by atoms with Gasteiger partial charge in [-0.05, 0) is 64.2 Å². The van der Waals surface area contributed by atoms with Crippen LogP contribution in [0.2, 0.25) is 0 Å². The van der Waals surface area contributed by atoms with Crippen molar-refractivity contribution in [3.63, 3.8) is 0 Å². The summed E-state index contributed by atoms with van der Waals surface area (Å²) in [4.78, 5) is 43.7. The molecule has 0 aromatic heterocycles. The fourth-order valence-corrected chi connectivity index (χ4v) is 7.42. The Labute approximate surface area is 384 Å². The average molecular weight is 951 g/mol. The van der Waals surface area contributed by atoms with Gasteiger partial charge >= 0.3 is 27.6 Å². The van der Waals surface area contributed by atoms with E-state index in [1.165, 1.54) is 57.8 Å². The first-order valence-corrected chi connectivity index (χ1v) is 26.7. The number of phosphoric acid groups is 2. The monoisotopic (exact) mass is 951 g/mol. The highest BCUT2D eigenvalue weighted by Crippen LogP contribution is 2.45. The summed E-state index contributed by atoms with van der Waals surface area (Å²) < 4.78 is 52.9. The van der Waals surface area contributed by atoms with Crippen LogP contribution in [0.5, 0.6) is 0 Å². The Morgan fingerprint density at radius 3 is 1.19 bits per heavy atom. The Morgan fingerprint density at radius 1 is 0.438 bits per heavy atom. The summed E-state index contributed by atoms with van der Waals surface area (Å²) in [7, 11) is -9.58. The summed E-state index contributed by atoms with van der Waals surface area (Å²) in [6, 6.07) is 0. The quantitative estimate of drug-likeness (QED) is 0.0126. The minimum absolute atomic E-state index is 0.172. The molecule has 5 unspecified atom stereocenters. The normalized spacial score (nSPS) is 15.7. The van der Waals surface area contributed by atoms with E-state index in [1.807, 2.05) is 24.3 Å². The number of ether oxygens (including phenoxy) is 2. The minimum Gasteiger partial charge on any atom is -0.463 e. The van der Waals surface area contributed by atoms with Crippen molar-refractivity contribution < 1.29 is 71.4 Å². The van der Waals surface area contributed by atoms with Crippen molar-refractivity contribution in [2.75, 3.05) is 39.6 Å². The smallest absolute Gasteiger partial charge is 0.463 e. The molecule has 0 radical (unpaired) electrons. The van der Waals surface area contributed by atoms with Crippen LogP contribution in [0.4, 0.5) is 0 Å². The van der Waals surface area contributed by atoms with Crippen LogP contribution in [0, 0.1) is 0 Å². The first-order chi connectivity index (χ1) is 30.8. The summed E-state index contributed by atoms with van der Waals surface area (Å²) in [5.74, 6) is -1.02. The Kier molecular flexibility index (Phi) is 41.8. The van der Waals surface area contributed by atoms with Crippen LogP contribution in [0.15, 0.2) is 60.8 Å². The van der Waals surface area contributed by atoms with Crippen molar-refractivity contribution in [2.24, 2.45) is 0 Å². The van der Waals surface area contributed by atoms with E-state index in [0.29, 0.717) is 12.8 Å². The highest BCUT2D eigenvalue weighted by Gasteiger charge is 2.28.